The first-order chi connectivity index (χ1) is 7.13. The van der Waals surface area contributed by atoms with Gasteiger partial charge in [-0.3, -0.25) is 0 Å². The van der Waals surface area contributed by atoms with E-state index in [-0.39, 0.29) is 24.8 Å². The van der Waals surface area contributed by atoms with Crippen LogP contribution in [0.5, 0.6) is 0 Å². The van der Waals surface area contributed by atoms with Crippen molar-refractivity contribution < 1.29 is 10.2 Å². The van der Waals surface area contributed by atoms with Gasteiger partial charge in [0.25, 0.3) is 0 Å². The summed E-state index contributed by atoms with van der Waals surface area (Å²) in [4.78, 5) is 0. The molecular weight excluding hydrogens is 190 g/mol. The molecule has 1 rings (SSSR count). The van der Waals surface area contributed by atoms with Crippen molar-refractivity contribution in [2.24, 2.45) is 5.92 Å². The molecule has 3 N–H and O–H groups in total. The number of rotatable bonds is 5. The van der Waals surface area contributed by atoms with E-state index in [0.717, 1.165) is 25.7 Å². The third-order valence-electron chi connectivity index (χ3n) is 3.16. The molecule has 0 amide bonds. The van der Waals surface area contributed by atoms with Crippen LogP contribution in [0.3, 0.4) is 0 Å². The van der Waals surface area contributed by atoms with Crippen molar-refractivity contribution >= 4 is 0 Å². The zero-order chi connectivity index (χ0) is 11.3. The second-order valence-electron chi connectivity index (χ2n) is 5.13. The van der Waals surface area contributed by atoms with Crippen LogP contribution >= 0.6 is 0 Å². The second-order valence-corrected chi connectivity index (χ2v) is 5.13. The predicted molar refractivity (Wildman–Crippen MR) is 61.7 cm³/mol. The van der Waals surface area contributed by atoms with Gasteiger partial charge in [-0.25, -0.2) is 0 Å². The zero-order valence-corrected chi connectivity index (χ0v) is 9.95. The quantitative estimate of drug-likeness (QED) is 0.647. The third-order valence-corrected chi connectivity index (χ3v) is 3.16. The van der Waals surface area contributed by atoms with E-state index in [2.05, 4.69) is 19.2 Å². The van der Waals surface area contributed by atoms with Crippen molar-refractivity contribution in [1.82, 2.24) is 5.32 Å². The largest absolute Gasteiger partial charge is 0.395 e. The number of hydrogen-bond donors (Lipinski definition) is 3. The van der Waals surface area contributed by atoms with E-state index in [1.165, 1.54) is 6.42 Å². The first-order valence-corrected chi connectivity index (χ1v) is 6.18. The molecule has 0 spiro atoms. The third kappa shape index (κ3) is 4.49. The Labute approximate surface area is 92.9 Å². The van der Waals surface area contributed by atoms with Gasteiger partial charge < -0.3 is 15.5 Å². The highest BCUT2D eigenvalue weighted by atomic mass is 16.3. The van der Waals surface area contributed by atoms with E-state index in [4.69, 9.17) is 0 Å². The fourth-order valence-corrected chi connectivity index (χ4v) is 2.37. The Hall–Kier alpha value is -0.120. The molecule has 0 aliphatic heterocycles. The highest BCUT2D eigenvalue weighted by molar-refractivity contribution is 4.83. The lowest BCUT2D eigenvalue weighted by Crippen LogP contribution is -2.48. The number of aliphatic hydroxyl groups is 2. The van der Waals surface area contributed by atoms with Crippen LogP contribution in [0.25, 0.3) is 0 Å². The van der Waals surface area contributed by atoms with Gasteiger partial charge >= 0.3 is 0 Å². The van der Waals surface area contributed by atoms with Crippen molar-refractivity contribution in [2.45, 2.75) is 64.1 Å². The second kappa shape index (κ2) is 6.46. The molecule has 1 aliphatic rings. The van der Waals surface area contributed by atoms with Crippen molar-refractivity contribution in [3.8, 4) is 0 Å². The summed E-state index contributed by atoms with van der Waals surface area (Å²) < 4.78 is 0. The van der Waals surface area contributed by atoms with Crippen molar-refractivity contribution in [2.75, 3.05) is 6.61 Å². The molecule has 0 saturated heterocycles. The van der Waals surface area contributed by atoms with E-state index in [0.29, 0.717) is 5.92 Å². The summed E-state index contributed by atoms with van der Waals surface area (Å²) in [5.41, 5.74) is 0. The molecule has 3 unspecified atom stereocenters. The van der Waals surface area contributed by atoms with Gasteiger partial charge in [-0.2, -0.15) is 0 Å². The molecule has 3 heteroatoms. The van der Waals surface area contributed by atoms with Crippen LogP contribution < -0.4 is 5.32 Å². The summed E-state index contributed by atoms with van der Waals surface area (Å²) >= 11 is 0. The molecule has 0 bridgehead atoms. The lowest BCUT2D eigenvalue weighted by Gasteiger charge is -2.32. The van der Waals surface area contributed by atoms with E-state index < -0.39 is 0 Å². The molecule has 0 heterocycles. The fraction of sp³-hybridized carbons (Fsp3) is 1.00. The Morgan fingerprint density at radius 3 is 2.47 bits per heavy atom. The number of nitrogens with one attached hydrogen (secondary N) is 1. The Balaban J connectivity index is 2.35. The van der Waals surface area contributed by atoms with Crippen LogP contribution in [-0.4, -0.2) is 35.0 Å². The standard InChI is InChI=1S/C12H25NO2/c1-9(2)7-10(8-14)13-11-5-3-4-6-12(11)15/h9-15H,3-8H2,1-2H3. The predicted octanol–water partition coefficient (Wildman–Crippen LogP) is 1.29. The maximum Gasteiger partial charge on any atom is 0.0693 e. The first kappa shape index (κ1) is 12.9. The van der Waals surface area contributed by atoms with Crippen molar-refractivity contribution in [3.63, 3.8) is 0 Å². The van der Waals surface area contributed by atoms with Gasteiger partial charge in [0.1, 0.15) is 0 Å². The van der Waals surface area contributed by atoms with E-state index in [1.807, 2.05) is 0 Å². The van der Waals surface area contributed by atoms with Gasteiger partial charge in [-0.05, 0) is 25.2 Å². The summed E-state index contributed by atoms with van der Waals surface area (Å²) in [6.45, 7) is 4.48. The van der Waals surface area contributed by atoms with Gasteiger partial charge in [0.05, 0.1) is 12.7 Å². The van der Waals surface area contributed by atoms with Gasteiger partial charge in [-0.15, -0.1) is 0 Å². The number of hydrogen-bond acceptors (Lipinski definition) is 3. The highest BCUT2D eigenvalue weighted by Gasteiger charge is 2.25. The van der Waals surface area contributed by atoms with Gasteiger partial charge in [0, 0.05) is 12.1 Å². The molecule has 1 saturated carbocycles. The van der Waals surface area contributed by atoms with E-state index in [9.17, 15) is 10.2 Å². The first-order valence-electron chi connectivity index (χ1n) is 6.18. The molecule has 3 atom stereocenters. The monoisotopic (exact) mass is 215 g/mol. The average molecular weight is 215 g/mol. The minimum absolute atomic E-state index is 0.141. The Morgan fingerprint density at radius 1 is 1.27 bits per heavy atom. The maximum atomic E-state index is 9.80. The molecular formula is C12H25NO2. The van der Waals surface area contributed by atoms with Crippen molar-refractivity contribution in [1.29, 1.82) is 0 Å². The van der Waals surface area contributed by atoms with Crippen LogP contribution in [0, 0.1) is 5.92 Å². The minimum atomic E-state index is -0.222. The minimum Gasteiger partial charge on any atom is -0.395 e. The van der Waals surface area contributed by atoms with Crippen LogP contribution in [-0.2, 0) is 0 Å². The van der Waals surface area contributed by atoms with E-state index in [1.54, 1.807) is 0 Å². The molecule has 0 aromatic carbocycles. The summed E-state index contributed by atoms with van der Waals surface area (Å²) in [6.07, 6.45) is 5.01. The molecule has 0 aromatic heterocycles. The van der Waals surface area contributed by atoms with Gasteiger partial charge in [0.15, 0.2) is 0 Å². The van der Waals surface area contributed by atoms with E-state index >= 15 is 0 Å². The maximum absolute atomic E-state index is 9.80. The Bertz CT molecular complexity index is 173. The summed E-state index contributed by atoms with van der Waals surface area (Å²) in [6, 6.07) is 0.331. The molecule has 3 nitrogen and oxygen atoms in total. The van der Waals surface area contributed by atoms with Gasteiger partial charge in [0.2, 0.25) is 0 Å². The summed E-state index contributed by atoms with van der Waals surface area (Å²) in [7, 11) is 0. The number of aliphatic hydroxyl groups excluding tert-OH is 2. The molecule has 0 radical (unpaired) electrons. The molecule has 1 fully saturated rings. The normalized spacial score (nSPS) is 29.4. The summed E-state index contributed by atoms with van der Waals surface area (Å²) in [5, 5.41) is 22.4. The van der Waals surface area contributed by atoms with Crippen LogP contribution in [0.2, 0.25) is 0 Å². The zero-order valence-electron chi connectivity index (χ0n) is 9.95. The average Bonchev–Trinajstić information content (AvgIpc) is 2.19. The molecule has 15 heavy (non-hydrogen) atoms. The van der Waals surface area contributed by atoms with Crippen molar-refractivity contribution in [3.05, 3.63) is 0 Å². The summed E-state index contributed by atoms with van der Waals surface area (Å²) in [5.74, 6) is 0.579. The van der Waals surface area contributed by atoms with Crippen LogP contribution in [0.1, 0.15) is 46.0 Å². The fourth-order valence-electron chi connectivity index (χ4n) is 2.37. The van der Waals surface area contributed by atoms with Crippen LogP contribution in [0.15, 0.2) is 0 Å². The molecule has 0 aromatic rings. The molecule has 1 aliphatic carbocycles. The topological polar surface area (TPSA) is 52.5 Å². The highest BCUT2D eigenvalue weighted by Crippen LogP contribution is 2.19. The Morgan fingerprint density at radius 2 is 1.93 bits per heavy atom. The lowest BCUT2D eigenvalue weighted by atomic mass is 9.91. The smallest absolute Gasteiger partial charge is 0.0693 e. The Kier molecular flexibility index (Phi) is 5.58. The SMILES string of the molecule is CC(C)CC(CO)NC1CCCCC1O. The van der Waals surface area contributed by atoms with Gasteiger partial charge in [-0.1, -0.05) is 26.7 Å². The lowest BCUT2D eigenvalue weighted by molar-refractivity contribution is 0.0758. The molecule has 90 valence electrons. The van der Waals surface area contributed by atoms with Crippen LogP contribution in [0.4, 0.5) is 0 Å².